The molecule has 0 bridgehead atoms. The number of hydrogen-bond acceptors (Lipinski definition) is 5. The minimum absolute atomic E-state index is 0.106. The van der Waals surface area contributed by atoms with Gasteiger partial charge in [-0.2, -0.15) is 5.10 Å². The number of carbonyl (C=O) groups excluding carboxylic acids is 1. The molecule has 3 aromatic rings. The number of nitrogens with one attached hydrogen (secondary N) is 1. The summed E-state index contributed by atoms with van der Waals surface area (Å²) in [6.45, 7) is 7.72. The molecule has 2 N–H and O–H groups in total. The quantitative estimate of drug-likeness (QED) is 0.682. The number of β-amino-alcohol motifs (C(OH)–C–C–N with tert-alkyl or cyclic N) is 1. The molecule has 1 aliphatic rings. The summed E-state index contributed by atoms with van der Waals surface area (Å²) in [5.41, 5.74) is 6.73. The van der Waals surface area contributed by atoms with E-state index in [-0.39, 0.29) is 5.91 Å². The van der Waals surface area contributed by atoms with E-state index in [1.807, 2.05) is 54.8 Å². The number of rotatable bonds is 5. The fraction of sp³-hybridized carbons (Fsp3) is 0.348. The van der Waals surface area contributed by atoms with Gasteiger partial charge in [0.25, 0.3) is 0 Å². The van der Waals surface area contributed by atoms with Crippen LogP contribution in [0.2, 0.25) is 0 Å². The van der Waals surface area contributed by atoms with E-state index in [1.165, 1.54) is 12.5 Å². The third kappa shape index (κ3) is 4.42. The van der Waals surface area contributed by atoms with Gasteiger partial charge in [-0.3, -0.25) is 9.69 Å². The molecule has 0 aliphatic carbocycles. The molecule has 156 valence electrons. The van der Waals surface area contributed by atoms with Crippen LogP contribution in [-0.4, -0.2) is 50.1 Å². The predicted octanol–water partition coefficient (Wildman–Crippen LogP) is 3.13. The third-order valence-corrected chi connectivity index (χ3v) is 5.40. The molecule has 1 aliphatic heterocycles. The zero-order chi connectivity index (χ0) is 21.3. The minimum Gasteiger partial charge on any atom is -0.387 e. The molecule has 1 atom stereocenters. The van der Waals surface area contributed by atoms with Crippen molar-refractivity contribution in [1.29, 1.82) is 0 Å². The van der Waals surface area contributed by atoms with Crippen LogP contribution < -0.4 is 5.32 Å². The molecule has 0 saturated heterocycles. The number of hydrogen-bond donors (Lipinski definition) is 2. The first-order valence-corrected chi connectivity index (χ1v) is 10.2. The lowest BCUT2D eigenvalue weighted by molar-refractivity contribution is -0.114. The number of benzene rings is 1. The number of nitrogens with zero attached hydrogens (tertiary/aromatic N) is 4. The van der Waals surface area contributed by atoms with Gasteiger partial charge in [-0.1, -0.05) is 18.2 Å². The Balaban J connectivity index is 1.40. The summed E-state index contributed by atoms with van der Waals surface area (Å²) in [7, 11) is 0. The smallest absolute Gasteiger partial charge is 0.221 e. The first-order chi connectivity index (χ1) is 14.4. The molecule has 3 heterocycles. The normalized spacial score (nSPS) is 15.8. The Morgan fingerprint density at radius 3 is 2.67 bits per heavy atom. The summed E-state index contributed by atoms with van der Waals surface area (Å²) in [5, 5.41) is 18.1. The topological polar surface area (TPSA) is 82.8 Å². The van der Waals surface area contributed by atoms with E-state index in [4.69, 9.17) is 5.10 Å². The van der Waals surface area contributed by atoms with E-state index in [2.05, 4.69) is 21.3 Å². The average Bonchev–Trinajstić information content (AvgIpc) is 3.13. The number of aromatic nitrogens is 3. The molecule has 1 amide bonds. The van der Waals surface area contributed by atoms with Gasteiger partial charge in [0.05, 0.1) is 11.8 Å². The second kappa shape index (κ2) is 8.38. The zero-order valence-electron chi connectivity index (χ0n) is 17.6. The van der Waals surface area contributed by atoms with Crippen molar-refractivity contribution in [2.75, 3.05) is 25.0 Å². The van der Waals surface area contributed by atoms with Crippen molar-refractivity contribution in [1.82, 2.24) is 19.5 Å². The van der Waals surface area contributed by atoms with Crippen LogP contribution in [0.4, 0.5) is 5.69 Å². The molecule has 0 spiro atoms. The van der Waals surface area contributed by atoms with Crippen molar-refractivity contribution in [3.63, 3.8) is 0 Å². The molecule has 7 nitrogen and oxygen atoms in total. The monoisotopic (exact) mass is 405 g/mol. The molecule has 30 heavy (non-hydrogen) atoms. The van der Waals surface area contributed by atoms with Gasteiger partial charge < -0.3 is 10.4 Å². The summed E-state index contributed by atoms with van der Waals surface area (Å²) in [6, 6.07) is 11.4. The predicted molar refractivity (Wildman–Crippen MR) is 117 cm³/mol. The lowest BCUT2D eigenvalue weighted by Crippen LogP contribution is -2.32. The lowest BCUT2D eigenvalue weighted by Gasteiger charge is -2.28. The van der Waals surface area contributed by atoms with Gasteiger partial charge in [-0.05, 0) is 49.6 Å². The highest BCUT2D eigenvalue weighted by molar-refractivity contribution is 5.88. The second-order valence-electron chi connectivity index (χ2n) is 7.90. The van der Waals surface area contributed by atoms with E-state index < -0.39 is 6.10 Å². The zero-order valence-corrected chi connectivity index (χ0v) is 17.6. The number of carbonyl (C=O) groups is 1. The summed E-state index contributed by atoms with van der Waals surface area (Å²) < 4.78 is 1.89. The van der Waals surface area contributed by atoms with Crippen LogP contribution in [0, 0.1) is 13.8 Å². The molecule has 4 rings (SSSR count). The van der Waals surface area contributed by atoms with Gasteiger partial charge in [-0.15, -0.1) is 0 Å². The highest BCUT2D eigenvalue weighted by Gasteiger charge is 2.19. The number of aryl methyl sites for hydroxylation is 2. The Bertz CT molecular complexity index is 1100. The van der Waals surface area contributed by atoms with Crippen molar-refractivity contribution in [3.05, 3.63) is 65.1 Å². The Hall–Kier alpha value is -3.03. The second-order valence-corrected chi connectivity index (χ2v) is 7.90. The van der Waals surface area contributed by atoms with Crippen LogP contribution in [0.3, 0.4) is 0 Å². The number of amides is 1. The number of fused-ring (bicyclic) bond motifs is 1. The first kappa shape index (κ1) is 20.3. The maximum Gasteiger partial charge on any atom is 0.221 e. The van der Waals surface area contributed by atoms with E-state index in [1.54, 1.807) is 0 Å². The van der Waals surface area contributed by atoms with Crippen LogP contribution >= 0.6 is 0 Å². The first-order valence-electron chi connectivity index (χ1n) is 10.2. The van der Waals surface area contributed by atoms with E-state index in [0.717, 1.165) is 53.5 Å². The molecule has 0 saturated carbocycles. The van der Waals surface area contributed by atoms with E-state index in [0.29, 0.717) is 6.54 Å². The summed E-state index contributed by atoms with van der Waals surface area (Å²) in [6.07, 6.45) is 2.51. The Kier molecular flexibility index (Phi) is 5.65. The summed E-state index contributed by atoms with van der Waals surface area (Å²) in [5.74, 6) is -0.106. The Labute approximate surface area is 176 Å². The van der Waals surface area contributed by atoms with Crippen LogP contribution in [0.25, 0.3) is 11.2 Å². The molecule has 0 unspecified atom stereocenters. The molecule has 7 heteroatoms. The van der Waals surface area contributed by atoms with E-state index >= 15 is 0 Å². The number of aliphatic hydroxyl groups excluding tert-OH is 1. The van der Waals surface area contributed by atoms with Gasteiger partial charge >= 0.3 is 0 Å². The van der Waals surface area contributed by atoms with Gasteiger partial charge in [-0.25, -0.2) is 9.50 Å². The minimum atomic E-state index is -0.573. The Morgan fingerprint density at radius 1 is 1.23 bits per heavy atom. The fourth-order valence-corrected chi connectivity index (χ4v) is 3.90. The summed E-state index contributed by atoms with van der Waals surface area (Å²) in [4.78, 5) is 17.9. The lowest BCUT2D eigenvalue weighted by atomic mass is 10.0. The van der Waals surface area contributed by atoms with Crippen molar-refractivity contribution in [3.8, 4) is 0 Å². The van der Waals surface area contributed by atoms with Crippen molar-refractivity contribution < 1.29 is 9.90 Å². The summed E-state index contributed by atoms with van der Waals surface area (Å²) >= 11 is 0. The molecule has 0 fully saturated rings. The average molecular weight is 406 g/mol. The van der Waals surface area contributed by atoms with Crippen LogP contribution in [0.5, 0.6) is 0 Å². The molecular weight excluding hydrogens is 378 g/mol. The fourth-order valence-electron chi connectivity index (χ4n) is 3.90. The molecular formula is C23H27N5O2. The SMILES string of the molecule is CC(=O)Nc1ccc([C@@H](O)CN2CC=C(c3cc4nc(C)cc(C)n4n3)CC2)cc1. The molecule has 2 aromatic heterocycles. The van der Waals surface area contributed by atoms with Gasteiger partial charge in [0.2, 0.25) is 5.91 Å². The highest BCUT2D eigenvalue weighted by Crippen LogP contribution is 2.25. The number of anilines is 1. The van der Waals surface area contributed by atoms with Gasteiger partial charge in [0.1, 0.15) is 0 Å². The van der Waals surface area contributed by atoms with Crippen molar-refractivity contribution in [2.45, 2.75) is 33.3 Å². The number of aliphatic hydroxyl groups is 1. The standard InChI is InChI=1S/C23H27N5O2/c1-15-12-16(2)28-23(24-15)13-21(26-28)18-8-10-27(11-9-18)14-22(30)19-4-6-20(7-5-19)25-17(3)29/h4-8,12-13,22,30H,9-11,14H2,1-3H3,(H,25,29)/t22-/m0/s1. The molecule has 1 aromatic carbocycles. The van der Waals surface area contributed by atoms with Gasteiger partial charge in [0.15, 0.2) is 5.65 Å². The van der Waals surface area contributed by atoms with E-state index in [9.17, 15) is 9.90 Å². The van der Waals surface area contributed by atoms with Gasteiger partial charge in [0, 0.05) is 49.7 Å². The van der Waals surface area contributed by atoms with Crippen molar-refractivity contribution >= 4 is 22.8 Å². The molecule has 0 radical (unpaired) electrons. The maximum absolute atomic E-state index is 11.1. The van der Waals surface area contributed by atoms with Crippen molar-refractivity contribution in [2.24, 2.45) is 0 Å². The highest BCUT2D eigenvalue weighted by atomic mass is 16.3. The Morgan fingerprint density at radius 2 is 2.00 bits per heavy atom. The maximum atomic E-state index is 11.1. The third-order valence-electron chi connectivity index (χ3n) is 5.40. The van der Waals surface area contributed by atoms with Crippen LogP contribution in [0.15, 0.2) is 42.5 Å². The largest absolute Gasteiger partial charge is 0.387 e. The van der Waals surface area contributed by atoms with Crippen LogP contribution in [0.1, 0.15) is 42.1 Å². The van der Waals surface area contributed by atoms with Crippen LogP contribution in [-0.2, 0) is 4.79 Å².